The van der Waals surface area contributed by atoms with Gasteiger partial charge in [0.2, 0.25) is 0 Å². The molecule has 11 heavy (non-hydrogen) atoms. The fourth-order valence-corrected chi connectivity index (χ4v) is 1.24. The summed E-state index contributed by atoms with van der Waals surface area (Å²) in [5.41, 5.74) is 1.57. The average Bonchev–Trinajstić information content (AvgIpc) is 2.05. The second-order valence-corrected chi connectivity index (χ2v) is 2.57. The summed E-state index contributed by atoms with van der Waals surface area (Å²) in [4.78, 5) is 0. The fraction of sp³-hybridized carbons (Fsp3) is 0. The van der Waals surface area contributed by atoms with E-state index in [0.717, 1.165) is 5.56 Å². The Balaban J connectivity index is 3.20. The first-order valence-electron chi connectivity index (χ1n) is 3.07. The fourth-order valence-electron chi connectivity index (χ4n) is 0.780. The summed E-state index contributed by atoms with van der Waals surface area (Å²) in [5.74, 6) is 2.46. The third-order valence-electron chi connectivity index (χ3n) is 1.35. The van der Waals surface area contributed by atoms with Crippen LogP contribution in [0.2, 0.25) is 5.02 Å². The second-order valence-electron chi connectivity index (χ2n) is 2.01. The third kappa shape index (κ3) is 1.76. The monoisotopic (exact) mass is 184 g/mol. The first kappa shape index (κ1) is 8.63. The lowest BCUT2D eigenvalue weighted by atomic mass is 10.1. The lowest BCUT2D eigenvalue weighted by molar-refractivity contribution is 1.56. The van der Waals surface area contributed by atoms with Gasteiger partial charge in [0, 0.05) is 0 Å². The molecule has 0 nitrogen and oxygen atoms in total. The normalized spacial score (nSPS) is 9.64. The van der Waals surface area contributed by atoms with Crippen molar-refractivity contribution in [2.24, 2.45) is 0 Å². The molecule has 0 atom stereocenters. The SMILES string of the molecule is C=Cc1cccc([C]Cl)c1Cl. The van der Waals surface area contributed by atoms with Crippen molar-refractivity contribution >= 4 is 29.3 Å². The summed E-state index contributed by atoms with van der Waals surface area (Å²) in [6.45, 7) is 3.61. The van der Waals surface area contributed by atoms with E-state index in [-0.39, 0.29) is 0 Å². The lowest BCUT2D eigenvalue weighted by Crippen LogP contribution is -1.80. The van der Waals surface area contributed by atoms with E-state index in [1.807, 2.05) is 12.1 Å². The first-order valence-corrected chi connectivity index (χ1v) is 3.82. The maximum absolute atomic E-state index is 5.89. The summed E-state index contributed by atoms with van der Waals surface area (Å²) >= 11 is 11.3. The molecule has 0 saturated carbocycles. The second kappa shape index (κ2) is 3.80. The summed E-state index contributed by atoms with van der Waals surface area (Å²) in [5, 5.41) is 0.595. The van der Waals surface area contributed by atoms with Crippen LogP contribution in [0.3, 0.4) is 0 Å². The van der Waals surface area contributed by atoms with Crippen LogP contribution in [-0.2, 0) is 0 Å². The van der Waals surface area contributed by atoms with Gasteiger partial charge in [0.15, 0.2) is 0 Å². The van der Waals surface area contributed by atoms with Crippen molar-refractivity contribution < 1.29 is 0 Å². The molecular formula is C9H6Cl2. The van der Waals surface area contributed by atoms with Crippen LogP contribution in [0.15, 0.2) is 24.8 Å². The molecule has 0 aliphatic carbocycles. The molecule has 0 fully saturated rings. The summed E-state index contributed by atoms with van der Waals surface area (Å²) in [7, 11) is 0. The Morgan fingerprint density at radius 2 is 2.18 bits per heavy atom. The van der Waals surface area contributed by atoms with Crippen LogP contribution < -0.4 is 0 Å². The number of hydrogen-bond donors (Lipinski definition) is 0. The van der Waals surface area contributed by atoms with Crippen molar-refractivity contribution in [2.45, 2.75) is 0 Å². The van der Waals surface area contributed by atoms with Gasteiger partial charge >= 0.3 is 0 Å². The molecule has 2 radical (unpaired) electrons. The molecule has 0 amide bonds. The van der Waals surface area contributed by atoms with E-state index in [9.17, 15) is 0 Å². The zero-order chi connectivity index (χ0) is 8.27. The zero-order valence-corrected chi connectivity index (χ0v) is 7.28. The Morgan fingerprint density at radius 3 is 2.73 bits per heavy atom. The molecule has 0 heterocycles. The van der Waals surface area contributed by atoms with Gasteiger partial charge in [-0.3, -0.25) is 0 Å². The minimum absolute atomic E-state index is 0.595. The van der Waals surface area contributed by atoms with Crippen LogP contribution in [0.25, 0.3) is 6.08 Å². The highest BCUT2D eigenvalue weighted by atomic mass is 35.5. The molecular weight excluding hydrogens is 179 g/mol. The van der Waals surface area contributed by atoms with E-state index in [0.29, 0.717) is 10.6 Å². The van der Waals surface area contributed by atoms with Crippen LogP contribution in [0.4, 0.5) is 0 Å². The van der Waals surface area contributed by atoms with Crippen molar-refractivity contribution in [3.05, 3.63) is 46.8 Å². The predicted molar refractivity (Wildman–Crippen MR) is 49.7 cm³/mol. The van der Waals surface area contributed by atoms with Crippen LogP contribution in [0, 0.1) is 5.88 Å². The predicted octanol–water partition coefficient (Wildman–Crippen LogP) is 3.61. The Kier molecular flexibility index (Phi) is 2.98. The van der Waals surface area contributed by atoms with E-state index in [4.69, 9.17) is 23.2 Å². The van der Waals surface area contributed by atoms with Gasteiger partial charge in [-0.1, -0.05) is 42.5 Å². The van der Waals surface area contributed by atoms with E-state index in [2.05, 4.69) is 12.5 Å². The zero-order valence-electron chi connectivity index (χ0n) is 5.77. The van der Waals surface area contributed by atoms with Gasteiger partial charge < -0.3 is 0 Å². The molecule has 0 spiro atoms. The van der Waals surface area contributed by atoms with Gasteiger partial charge in [0.25, 0.3) is 0 Å². The van der Waals surface area contributed by atoms with Gasteiger partial charge in [0.05, 0.1) is 5.02 Å². The van der Waals surface area contributed by atoms with Gasteiger partial charge in [-0.05, 0) is 11.1 Å². The lowest BCUT2D eigenvalue weighted by Gasteiger charge is -2.01. The quantitative estimate of drug-likeness (QED) is 0.660. The Labute approximate surface area is 76.4 Å². The molecule has 1 aromatic rings. The molecule has 0 saturated heterocycles. The number of halogens is 2. The molecule has 0 bridgehead atoms. The number of rotatable bonds is 2. The third-order valence-corrected chi connectivity index (χ3v) is 1.98. The van der Waals surface area contributed by atoms with E-state index < -0.39 is 0 Å². The average molecular weight is 185 g/mol. The highest BCUT2D eigenvalue weighted by Gasteiger charge is 2.01. The van der Waals surface area contributed by atoms with Gasteiger partial charge in [0.1, 0.15) is 5.88 Å². The van der Waals surface area contributed by atoms with Crippen LogP contribution in [0.1, 0.15) is 11.1 Å². The molecule has 0 aliphatic rings. The van der Waals surface area contributed by atoms with E-state index in [1.54, 1.807) is 12.1 Å². The highest BCUT2D eigenvalue weighted by molar-refractivity contribution is 6.35. The van der Waals surface area contributed by atoms with E-state index >= 15 is 0 Å². The maximum Gasteiger partial charge on any atom is 0.122 e. The number of benzene rings is 1. The minimum Gasteiger partial charge on any atom is -0.109 e. The largest absolute Gasteiger partial charge is 0.122 e. The van der Waals surface area contributed by atoms with Crippen molar-refractivity contribution in [1.82, 2.24) is 0 Å². The molecule has 1 rings (SSSR count). The smallest absolute Gasteiger partial charge is 0.109 e. The standard InChI is InChI=1S/C9H6Cl2/c1-2-7-4-3-5-8(6-10)9(7)11/h2-5H,1H2. The van der Waals surface area contributed by atoms with Crippen molar-refractivity contribution in [3.8, 4) is 0 Å². The maximum atomic E-state index is 5.89. The van der Waals surface area contributed by atoms with Crippen molar-refractivity contribution in [2.75, 3.05) is 0 Å². The van der Waals surface area contributed by atoms with Crippen LogP contribution in [0.5, 0.6) is 0 Å². The molecule has 0 N–H and O–H groups in total. The Morgan fingerprint density at radius 1 is 1.45 bits per heavy atom. The molecule has 0 aliphatic heterocycles. The van der Waals surface area contributed by atoms with Crippen LogP contribution >= 0.6 is 23.2 Å². The van der Waals surface area contributed by atoms with Gasteiger partial charge in [-0.15, -0.1) is 11.6 Å². The molecule has 56 valence electrons. The van der Waals surface area contributed by atoms with E-state index in [1.165, 1.54) is 0 Å². The molecule has 0 unspecified atom stereocenters. The molecule has 0 aromatic heterocycles. The Bertz CT molecular complexity index is 266. The number of hydrogen-bond acceptors (Lipinski definition) is 0. The Hall–Kier alpha value is -0.460. The first-order chi connectivity index (χ1) is 5.29. The van der Waals surface area contributed by atoms with Gasteiger partial charge in [-0.25, -0.2) is 0 Å². The summed E-state index contributed by atoms with van der Waals surface area (Å²) in [6.07, 6.45) is 1.68. The molecule has 2 heteroatoms. The molecule has 1 aromatic carbocycles. The van der Waals surface area contributed by atoms with Crippen LogP contribution in [-0.4, -0.2) is 0 Å². The minimum atomic E-state index is 0.595. The highest BCUT2D eigenvalue weighted by Crippen LogP contribution is 2.23. The van der Waals surface area contributed by atoms with Crippen molar-refractivity contribution in [3.63, 3.8) is 0 Å². The van der Waals surface area contributed by atoms with Crippen molar-refractivity contribution in [1.29, 1.82) is 0 Å². The topological polar surface area (TPSA) is 0 Å². The summed E-state index contributed by atoms with van der Waals surface area (Å²) < 4.78 is 0. The van der Waals surface area contributed by atoms with Gasteiger partial charge in [-0.2, -0.15) is 0 Å². The summed E-state index contributed by atoms with van der Waals surface area (Å²) in [6, 6.07) is 5.52.